The lowest BCUT2D eigenvalue weighted by atomic mass is 9.90. The number of hydrogen-bond acceptors (Lipinski definition) is 6. The molecule has 0 radical (unpaired) electrons. The highest BCUT2D eigenvalue weighted by molar-refractivity contribution is 7.99. The second-order valence-corrected chi connectivity index (χ2v) is 8.42. The van der Waals surface area contributed by atoms with Crippen molar-refractivity contribution in [3.8, 4) is 10.8 Å². The van der Waals surface area contributed by atoms with Gasteiger partial charge in [0.1, 0.15) is 0 Å². The monoisotopic (exact) mass is 370 g/mol. The van der Waals surface area contributed by atoms with Crippen molar-refractivity contribution in [3.05, 3.63) is 52.4 Å². The standard InChI is InChI=1S/C19H18N2O2S2/c1-12-7-8-16-14(9-12)10-17(25-16)18-20-21-19(23-18)24-11-15(22)13-5-3-2-4-6-13/h2-6,10,12H,7-9,11H2,1H3/t12-/m1/s1. The fourth-order valence-electron chi connectivity index (χ4n) is 3.01. The lowest BCUT2D eigenvalue weighted by Gasteiger charge is -2.16. The molecular weight excluding hydrogens is 352 g/mol. The van der Waals surface area contributed by atoms with Crippen LogP contribution >= 0.6 is 23.1 Å². The molecule has 2 heterocycles. The highest BCUT2D eigenvalue weighted by atomic mass is 32.2. The zero-order valence-corrected chi connectivity index (χ0v) is 15.5. The third kappa shape index (κ3) is 3.70. The molecule has 1 aliphatic carbocycles. The van der Waals surface area contributed by atoms with Gasteiger partial charge in [0.15, 0.2) is 5.78 Å². The van der Waals surface area contributed by atoms with E-state index in [-0.39, 0.29) is 5.78 Å². The Morgan fingerprint density at radius 3 is 3.00 bits per heavy atom. The number of carbonyl (C=O) groups is 1. The molecule has 128 valence electrons. The third-order valence-corrected chi connectivity index (χ3v) is 6.41. The first-order valence-corrected chi connectivity index (χ1v) is 10.2. The van der Waals surface area contributed by atoms with Gasteiger partial charge in [-0.15, -0.1) is 21.5 Å². The SMILES string of the molecule is C[C@@H]1CCc2sc(-c3nnc(SCC(=O)c4ccccc4)o3)cc2C1. The topological polar surface area (TPSA) is 56.0 Å². The first-order chi connectivity index (χ1) is 12.2. The van der Waals surface area contributed by atoms with Gasteiger partial charge in [0.2, 0.25) is 0 Å². The van der Waals surface area contributed by atoms with Crippen LogP contribution in [0.2, 0.25) is 0 Å². The van der Waals surface area contributed by atoms with E-state index in [2.05, 4.69) is 23.2 Å². The predicted molar refractivity (Wildman–Crippen MR) is 100 cm³/mol. The fraction of sp³-hybridized carbons (Fsp3) is 0.316. The molecule has 0 bridgehead atoms. The zero-order chi connectivity index (χ0) is 17.2. The molecule has 0 aliphatic heterocycles. The van der Waals surface area contributed by atoms with E-state index in [0.717, 1.165) is 23.6 Å². The van der Waals surface area contributed by atoms with E-state index in [0.29, 0.717) is 22.4 Å². The second kappa shape index (κ2) is 7.14. The molecular formula is C19H18N2O2S2. The molecule has 6 heteroatoms. The summed E-state index contributed by atoms with van der Waals surface area (Å²) in [7, 11) is 0. The van der Waals surface area contributed by atoms with Crippen molar-refractivity contribution in [1.29, 1.82) is 0 Å². The number of aromatic nitrogens is 2. The maximum absolute atomic E-state index is 12.1. The van der Waals surface area contributed by atoms with Crippen molar-refractivity contribution in [2.24, 2.45) is 5.92 Å². The molecule has 4 nitrogen and oxygen atoms in total. The van der Waals surface area contributed by atoms with Crippen LogP contribution in [0.1, 0.15) is 34.1 Å². The second-order valence-electron chi connectivity index (χ2n) is 6.36. The molecule has 1 atom stereocenters. The number of thiophene rings is 1. The van der Waals surface area contributed by atoms with Gasteiger partial charge in [0.05, 0.1) is 10.6 Å². The number of rotatable bonds is 5. The summed E-state index contributed by atoms with van der Waals surface area (Å²) in [6.07, 6.45) is 3.52. The summed E-state index contributed by atoms with van der Waals surface area (Å²) < 4.78 is 5.76. The first kappa shape index (κ1) is 16.5. The summed E-state index contributed by atoms with van der Waals surface area (Å²) >= 11 is 3.04. The van der Waals surface area contributed by atoms with Gasteiger partial charge in [-0.2, -0.15) is 0 Å². The summed E-state index contributed by atoms with van der Waals surface area (Å²) in [6, 6.07) is 11.4. The van der Waals surface area contributed by atoms with Crippen LogP contribution in [-0.2, 0) is 12.8 Å². The zero-order valence-electron chi connectivity index (χ0n) is 13.9. The maximum Gasteiger partial charge on any atom is 0.277 e. The van der Waals surface area contributed by atoms with Crippen molar-refractivity contribution in [2.45, 2.75) is 31.4 Å². The fourth-order valence-corrected chi connectivity index (χ4v) is 4.80. The van der Waals surface area contributed by atoms with Gasteiger partial charge in [-0.05, 0) is 36.8 Å². The first-order valence-electron chi connectivity index (χ1n) is 8.35. The summed E-state index contributed by atoms with van der Waals surface area (Å²) in [5.74, 6) is 1.66. The van der Waals surface area contributed by atoms with Crippen LogP contribution in [-0.4, -0.2) is 21.7 Å². The number of benzene rings is 1. The molecule has 0 saturated carbocycles. The van der Waals surface area contributed by atoms with E-state index in [1.54, 1.807) is 11.3 Å². The van der Waals surface area contributed by atoms with Crippen LogP contribution < -0.4 is 0 Å². The number of ketones is 1. The number of nitrogens with zero attached hydrogens (tertiary/aromatic N) is 2. The number of Topliss-reactive ketones (excluding diaryl/α,β-unsaturated/α-hetero) is 1. The Balaban J connectivity index is 1.43. The number of aryl methyl sites for hydroxylation is 1. The highest BCUT2D eigenvalue weighted by Gasteiger charge is 2.21. The normalized spacial score (nSPS) is 16.6. The van der Waals surface area contributed by atoms with Crippen LogP contribution in [0.25, 0.3) is 10.8 Å². The lowest BCUT2D eigenvalue weighted by molar-refractivity contribution is 0.102. The Hall–Kier alpha value is -1.92. The van der Waals surface area contributed by atoms with Gasteiger partial charge in [-0.3, -0.25) is 4.79 Å². The minimum Gasteiger partial charge on any atom is -0.410 e. The largest absolute Gasteiger partial charge is 0.410 e. The molecule has 1 aromatic carbocycles. The summed E-state index contributed by atoms with van der Waals surface area (Å²) in [4.78, 5) is 14.6. The summed E-state index contributed by atoms with van der Waals surface area (Å²) in [6.45, 7) is 2.30. The van der Waals surface area contributed by atoms with E-state index in [1.165, 1.54) is 28.6 Å². The molecule has 0 saturated heterocycles. The minimum atomic E-state index is 0.0610. The van der Waals surface area contributed by atoms with Gasteiger partial charge in [0.25, 0.3) is 11.1 Å². The maximum atomic E-state index is 12.1. The van der Waals surface area contributed by atoms with Crippen LogP contribution in [0.3, 0.4) is 0 Å². The number of hydrogen-bond donors (Lipinski definition) is 0. The Bertz CT molecular complexity index is 886. The van der Waals surface area contributed by atoms with Gasteiger partial charge < -0.3 is 4.42 Å². The van der Waals surface area contributed by atoms with Crippen molar-refractivity contribution in [2.75, 3.05) is 5.75 Å². The molecule has 0 unspecified atom stereocenters. The Labute approximate surface area is 154 Å². The number of fused-ring (bicyclic) bond motifs is 1. The van der Waals surface area contributed by atoms with Crippen LogP contribution in [0.4, 0.5) is 0 Å². The van der Waals surface area contributed by atoms with Crippen molar-refractivity contribution >= 4 is 28.9 Å². The molecule has 0 N–H and O–H groups in total. The van der Waals surface area contributed by atoms with Crippen molar-refractivity contribution < 1.29 is 9.21 Å². The Morgan fingerprint density at radius 2 is 2.16 bits per heavy atom. The van der Waals surface area contributed by atoms with Crippen LogP contribution in [0.5, 0.6) is 0 Å². The average Bonchev–Trinajstić information content (AvgIpc) is 3.26. The van der Waals surface area contributed by atoms with E-state index >= 15 is 0 Å². The number of thioether (sulfide) groups is 1. The third-order valence-electron chi connectivity index (χ3n) is 4.37. The minimum absolute atomic E-state index is 0.0610. The van der Waals surface area contributed by atoms with E-state index in [1.807, 2.05) is 30.3 Å². The van der Waals surface area contributed by atoms with Crippen LogP contribution in [0, 0.1) is 5.92 Å². The Kier molecular flexibility index (Phi) is 4.72. The molecule has 0 spiro atoms. The van der Waals surface area contributed by atoms with E-state index < -0.39 is 0 Å². The molecule has 3 aromatic rings. The van der Waals surface area contributed by atoms with E-state index in [9.17, 15) is 4.79 Å². The highest BCUT2D eigenvalue weighted by Crippen LogP contribution is 2.37. The molecule has 0 amide bonds. The molecule has 25 heavy (non-hydrogen) atoms. The Morgan fingerprint density at radius 1 is 1.32 bits per heavy atom. The summed E-state index contributed by atoms with van der Waals surface area (Å²) in [5.41, 5.74) is 2.13. The average molecular weight is 370 g/mol. The van der Waals surface area contributed by atoms with Crippen molar-refractivity contribution in [1.82, 2.24) is 10.2 Å². The molecule has 1 aliphatic rings. The molecule has 4 rings (SSSR count). The molecule has 0 fully saturated rings. The number of carbonyl (C=O) groups excluding carboxylic acids is 1. The smallest absolute Gasteiger partial charge is 0.277 e. The quantitative estimate of drug-likeness (QED) is 0.472. The van der Waals surface area contributed by atoms with E-state index in [4.69, 9.17) is 4.42 Å². The summed E-state index contributed by atoms with van der Waals surface area (Å²) in [5, 5.41) is 8.68. The lowest BCUT2D eigenvalue weighted by Crippen LogP contribution is -2.07. The molecule has 2 aromatic heterocycles. The van der Waals surface area contributed by atoms with Crippen molar-refractivity contribution in [3.63, 3.8) is 0 Å². The van der Waals surface area contributed by atoms with Gasteiger partial charge in [-0.25, -0.2) is 0 Å². The van der Waals surface area contributed by atoms with Gasteiger partial charge in [-0.1, -0.05) is 49.0 Å². The van der Waals surface area contributed by atoms with Crippen LogP contribution in [0.15, 0.2) is 46.0 Å². The predicted octanol–water partition coefficient (Wildman–Crippen LogP) is 4.90. The van der Waals surface area contributed by atoms with Gasteiger partial charge in [0, 0.05) is 10.4 Å². The van der Waals surface area contributed by atoms with Gasteiger partial charge >= 0.3 is 0 Å².